The van der Waals surface area contributed by atoms with E-state index >= 15 is 0 Å². The molecule has 0 aromatic carbocycles. The molecule has 0 spiro atoms. The second kappa shape index (κ2) is 3.33. The van der Waals surface area contributed by atoms with Gasteiger partial charge in [-0.3, -0.25) is 5.14 Å². The summed E-state index contributed by atoms with van der Waals surface area (Å²) in [5.41, 5.74) is 0.449. The fourth-order valence-corrected chi connectivity index (χ4v) is 2.01. The zero-order valence-corrected chi connectivity index (χ0v) is 8.45. The van der Waals surface area contributed by atoms with E-state index in [2.05, 4.69) is 25.1 Å². The lowest BCUT2D eigenvalue weighted by Crippen LogP contribution is -2.23. The molecule has 0 radical (unpaired) electrons. The van der Waals surface area contributed by atoms with Crippen molar-refractivity contribution >= 4 is 12.1 Å². The van der Waals surface area contributed by atoms with E-state index in [-0.39, 0.29) is 0 Å². The molecule has 1 saturated heterocycles. The van der Waals surface area contributed by atoms with Crippen LogP contribution in [0.3, 0.4) is 0 Å². The normalized spacial score (nSPS) is 27.8. The third-order valence-corrected chi connectivity index (χ3v) is 3.15. The molecule has 0 bridgehead atoms. The van der Waals surface area contributed by atoms with Crippen LogP contribution in [-0.2, 0) is 0 Å². The Morgan fingerprint density at radius 3 is 2.36 bits per heavy atom. The number of nitrogens with two attached hydrogens (primary N) is 1. The summed E-state index contributed by atoms with van der Waals surface area (Å²) in [6.45, 7) is 9.24. The van der Waals surface area contributed by atoms with Crippen molar-refractivity contribution in [3.63, 3.8) is 0 Å². The molecule has 3 heteroatoms. The number of hydrogen-bond acceptors (Lipinski definition) is 3. The molecule has 1 rings (SSSR count). The fourth-order valence-electron chi connectivity index (χ4n) is 1.53. The molecule has 0 amide bonds. The lowest BCUT2D eigenvalue weighted by atomic mass is 9.80. The SMILES string of the molecule is CC(C)(C)C1CCN(SN)C1. The average Bonchev–Trinajstić information content (AvgIpc) is 2.32. The Kier molecular flexibility index (Phi) is 2.84. The molecule has 1 aliphatic heterocycles. The standard InChI is InChI=1S/C8H18N2S/c1-8(2,3)7-4-5-10(6-7)11-9/h7H,4-6,9H2,1-3H3. The highest BCUT2D eigenvalue weighted by molar-refractivity contribution is 7.94. The van der Waals surface area contributed by atoms with Gasteiger partial charge in [-0.05, 0) is 17.8 Å². The topological polar surface area (TPSA) is 29.3 Å². The summed E-state index contributed by atoms with van der Waals surface area (Å²) < 4.78 is 2.25. The minimum Gasteiger partial charge on any atom is -0.264 e. The van der Waals surface area contributed by atoms with E-state index < -0.39 is 0 Å². The van der Waals surface area contributed by atoms with Gasteiger partial charge in [0, 0.05) is 25.2 Å². The van der Waals surface area contributed by atoms with Crippen LogP contribution in [0.25, 0.3) is 0 Å². The fraction of sp³-hybridized carbons (Fsp3) is 1.00. The predicted octanol–water partition coefficient (Wildman–Crippen LogP) is 1.88. The summed E-state index contributed by atoms with van der Waals surface area (Å²) in [6.07, 6.45) is 1.30. The van der Waals surface area contributed by atoms with Crippen LogP contribution in [0.15, 0.2) is 0 Å². The predicted molar refractivity (Wildman–Crippen MR) is 50.9 cm³/mol. The Labute approximate surface area is 73.8 Å². The van der Waals surface area contributed by atoms with E-state index in [1.54, 1.807) is 0 Å². The Bertz CT molecular complexity index is 131. The van der Waals surface area contributed by atoms with Crippen LogP contribution in [0.4, 0.5) is 0 Å². The first-order valence-electron chi connectivity index (χ1n) is 4.16. The van der Waals surface area contributed by atoms with Gasteiger partial charge in [-0.15, -0.1) is 0 Å². The zero-order valence-electron chi connectivity index (χ0n) is 7.63. The van der Waals surface area contributed by atoms with Crippen molar-refractivity contribution in [1.29, 1.82) is 0 Å². The van der Waals surface area contributed by atoms with Crippen molar-refractivity contribution in [1.82, 2.24) is 4.31 Å². The average molecular weight is 174 g/mol. The molecule has 0 aromatic rings. The summed E-state index contributed by atoms with van der Waals surface area (Å²) in [5, 5.41) is 5.48. The van der Waals surface area contributed by atoms with E-state index in [1.165, 1.54) is 18.6 Å². The van der Waals surface area contributed by atoms with Gasteiger partial charge in [0.25, 0.3) is 0 Å². The molecule has 11 heavy (non-hydrogen) atoms. The molecule has 1 unspecified atom stereocenters. The van der Waals surface area contributed by atoms with Crippen molar-refractivity contribution in [2.75, 3.05) is 13.1 Å². The molecule has 1 atom stereocenters. The number of rotatable bonds is 1. The second-order valence-electron chi connectivity index (χ2n) is 4.35. The van der Waals surface area contributed by atoms with E-state index in [9.17, 15) is 0 Å². The van der Waals surface area contributed by atoms with Gasteiger partial charge in [0.05, 0.1) is 0 Å². The van der Waals surface area contributed by atoms with Crippen LogP contribution in [0.5, 0.6) is 0 Å². The van der Waals surface area contributed by atoms with Gasteiger partial charge >= 0.3 is 0 Å². The summed E-state index contributed by atoms with van der Waals surface area (Å²) >= 11 is 1.39. The van der Waals surface area contributed by atoms with E-state index in [0.717, 1.165) is 19.0 Å². The van der Waals surface area contributed by atoms with Gasteiger partial charge in [0.15, 0.2) is 0 Å². The lowest BCUT2D eigenvalue weighted by Gasteiger charge is -2.26. The highest BCUT2D eigenvalue weighted by atomic mass is 32.2. The molecule has 1 fully saturated rings. The van der Waals surface area contributed by atoms with Gasteiger partial charge in [-0.25, -0.2) is 4.31 Å². The number of hydrogen-bond donors (Lipinski definition) is 1. The smallest absolute Gasteiger partial charge is 0.0135 e. The highest BCUT2D eigenvalue weighted by Gasteiger charge is 2.31. The molecular formula is C8H18N2S. The quantitative estimate of drug-likeness (QED) is 0.615. The van der Waals surface area contributed by atoms with Crippen molar-refractivity contribution < 1.29 is 0 Å². The van der Waals surface area contributed by atoms with E-state index in [0.29, 0.717) is 5.41 Å². The molecule has 1 heterocycles. The van der Waals surface area contributed by atoms with Gasteiger partial charge < -0.3 is 0 Å². The van der Waals surface area contributed by atoms with E-state index in [4.69, 9.17) is 5.14 Å². The van der Waals surface area contributed by atoms with Crippen LogP contribution in [0.1, 0.15) is 27.2 Å². The highest BCUT2D eigenvalue weighted by Crippen LogP contribution is 2.34. The summed E-state index contributed by atoms with van der Waals surface area (Å²) in [4.78, 5) is 0. The summed E-state index contributed by atoms with van der Waals surface area (Å²) in [6, 6.07) is 0. The monoisotopic (exact) mass is 174 g/mol. The second-order valence-corrected chi connectivity index (χ2v) is 5.07. The third-order valence-electron chi connectivity index (χ3n) is 2.52. The van der Waals surface area contributed by atoms with E-state index in [1.807, 2.05) is 0 Å². The molecule has 2 nitrogen and oxygen atoms in total. The Balaban J connectivity index is 2.42. The van der Waals surface area contributed by atoms with Crippen molar-refractivity contribution in [3.05, 3.63) is 0 Å². The Morgan fingerprint density at radius 2 is 2.09 bits per heavy atom. The van der Waals surface area contributed by atoms with Crippen molar-refractivity contribution in [2.24, 2.45) is 16.5 Å². The maximum absolute atomic E-state index is 5.48. The van der Waals surface area contributed by atoms with Gasteiger partial charge in [0.1, 0.15) is 0 Å². The molecule has 0 aliphatic carbocycles. The van der Waals surface area contributed by atoms with Crippen LogP contribution in [-0.4, -0.2) is 17.4 Å². The molecule has 66 valence electrons. The molecule has 1 aliphatic rings. The first-order chi connectivity index (χ1) is 5.04. The molecule has 0 saturated carbocycles. The Hall–Kier alpha value is 0.270. The van der Waals surface area contributed by atoms with Crippen molar-refractivity contribution in [2.45, 2.75) is 27.2 Å². The first kappa shape index (κ1) is 9.36. The van der Waals surface area contributed by atoms with Crippen molar-refractivity contribution in [3.8, 4) is 0 Å². The van der Waals surface area contributed by atoms with Crippen LogP contribution in [0.2, 0.25) is 0 Å². The largest absolute Gasteiger partial charge is 0.264 e. The lowest BCUT2D eigenvalue weighted by molar-refractivity contribution is 0.254. The first-order valence-corrected chi connectivity index (χ1v) is 4.99. The summed E-state index contributed by atoms with van der Waals surface area (Å²) in [7, 11) is 0. The summed E-state index contributed by atoms with van der Waals surface area (Å²) in [5.74, 6) is 0.818. The number of nitrogens with zero attached hydrogens (tertiary/aromatic N) is 1. The minimum atomic E-state index is 0.449. The van der Waals surface area contributed by atoms with Crippen LogP contribution >= 0.6 is 12.1 Å². The molecule has 0 aromatic heterocycles. The van der Waals surface area contributed by atoms with Crippen LogP contribution in [0, 0.1) is 11.3 Å². The maximum atomic E-state index is 5.48. The molecular weight excluding hydrogens is 156 g/mol. The zero-order chi connectivity index (χ0) is 8.48. The Morgan fingerprint density at radius 1 is 1.45 bits per heavy atom. The maximum Gasteiger partial charge on any atom is 0.0135 e. The molecule has 2 N–H and O–H groups in total. The van der Waals surface area contributed by atoms with Crippen LogP contribution < -0.4 is 5.14 Å². The van der Waals surface area contributed by atoms with Gasteiger partial charge in [0.2, 0.25) is 0 Å². The van der Waals surface area contributed by atoms with Gasteiger partial charge in [-0.2, -0.15) is 0 Å². The third kappa shape index (κ3) is 2.36. The minimum absolute atomic E-state index is 0.449. The van der Waals surface area contributed by atoms with Gasteiger partial charge in [-0.1, -0.05) is 20.8 Å².